The molecule has 2 heterocycles. The summed E-state index contributed by atoms with van der Waals surface area (Å²) in [6.07, 6.45) is 2.17. The zero-order chi connectivity index (χ0) is 15.3. The summed E-state index contributed by atoms with van der Waals surface area (Å²) in [5.74, 6) is -0.159. The molecule has 0 aromatic heterocycles. The van der Waals surface area contributed by atoms with Gasteiger partial charge in [0, 0.05) is 20.0 Å². The van der Waals surface area contributed by atoms with Crippen LogP contribution in [0.4, 0.5) is 4.79 Å². The van der Waals surface area contributed by atoms with Crippen LogP contribution >= 0.6 is 0 Å². The molecule has 2 aliphatic rings. The highest BCUT2D eigenvalue weighted by Crippen LogP contribution is 2.29. The Labute approximate surface area is 120 Å². The summed E-state index contributed by atoms with van der Waals surface area (Å²) < 4.78 is 5.43. The molecule has 0 saturated carbocycles. The Morgan fingerprint density at radius 1 is 1.30 bits per heavy atom. The SMILES string of the molecule is CC(=O)O.CC(C)(C)OC(=O)N1CCC2CCNCC21. The summed E-state index contributed by atoms with van der Waals surface area (Å²) in [6.45, 7) is 9.69. The number of carboxylic acid groups (broad SMARTS) is 1. The molecule has 0 radical (unpaired) electrons. The molecule has 1 amide bonds. The van der Waals surface area contributed by atoms with Gasteiger partial charge in [0.2, 0.25) is 0 Å². The number of piperidine rings is 1. The van der Waals surface area contributed by atoms with Crippen LogP contribution in [0.1, 0.15) is 40.5 Å². The number of likely N-dealkylation sites (tertiary alicyclic amines) is 1. The summed E-state index contributed by atoms with van der Waals surface area (Å²) in [5, 5.41) is 10.8. The third kappa shape index (κ3) is 5.36. The number of fused-ring (bicyclic) bond motifs is 1. The molecule has 2 rings (SSSR count). The molecular weight excluding hydrogens is 260 g/mol. The number of aliphatic carboxylic acids is 1. The van der Waals surface area contributed by atoms with Crippen molar-refractivity contribution in [1.29, 1.82) is 0 Å². The number of amides is 1. The van der Waals surface area contributed by atoms with Gasteiger partial charge >= 0.3 is 6.09 Å². The molecular formula is C14H26N2O4. The smallest absolute Gasteiger partial charge is 0.410 e. The highest BCUT2D eigenvalue weighted by Gasteiger charge is 2.39. The van der Waals surface area contributed by atoms with Crippen molar-refractivity contribution in [2.45, 2.75) is 52.2 Å². The zero-order valence-corrected chi connectivity index (χ0v) is 12.8. The normalized spacial score (nSPS) is 25.3. The van der Waals surface area contributed by atoms with E-state index in [1.165, 1.54) is 6.42 Å². The molecule has 2 N–H and O–H groups in total. The predicted octanol–water partition coefficient (Wildman–Crippen LogP) is 1.70. The van der Waals surface area contributed by atoms with Gasteiger partial charge in [0.1, 0.15) is 5.60 Å². The molecule has 20 heavy (non-hydrogen) atoms. The largest absolute Gasteiger partial charge is 0.481 e. The first-order valence-electron chi connectivity index (χ1n) is 7.10. The second kappa shape index (κ2) is 6.92. The van der Waals surface area contributed by atoms with Crippen molar-refractivity contribution in [2.75, 3.05) is 19.6 Å². The maximum absolute atomic E-state index is 12.0. The second-order valence-electron chi connectivity index (χ2n) is 6.30. The Morgan fingerprint density at radius 2 is 1.90 bits per heavy atom. The molecule has 2 unspecified atom stereocenters. The van der Waals surface area contributed by atoms with Gasteiger partial charge < -0.3 is 20.1 Å². The maximum atomic E-state index is 12.0. The zero-order valence-electron chi connectivity index (χ0n) is 12.8. The summed E-state index contributed by atoms with van der Waals surface area (Å²) in [4.78, 5) is 22.9. The Morgan fingerprint density at radius 3 is 2.45 bits per heavy atom. The van der Waals surface area contributed by atoms with Crippen molar-refractivity contribution < 1.29 is 19.4 Å². The molecule has 2 aliphatic heterocycles. The molecule has 6 nitrogen and oxygen atoms in total. The topological polar surface area (TPSA) is 78.9 Å². The minimum atomic E-state index is -0.833. The lowest BCUT2D eigenvalue weighted by atomic mass is 9.93. The monoisotopic (exact) mass is 286 g/mol. The number of carbonyl (C=O) groups is 2. The molecule has 0 aromatic rings. The standard InChI is InChI=1S/C12H22N2O2.C2H4O2/c1-12(2,3)16-11(15)14-7-5-9-4-6-13-8-10(9)14;1-2(3)4/h9-10,13H,4-8H2,1-3H3;1H3,(H,3,4). The van der Waals surface area contributed by atoms with Gasteiger partial charge in [-0.15, -0.1) is 0 Å². The highest BCUT2D eigenvalue weighted by molar-refractivity contribution is 5.69. The van der Waals surface area contributed by atoms with E-state index in [4.69, 9.17) is 14.6 Å². The first kappa shape index (κ1) is 16.8. The van der Waals surface area contributed by atoms with Gasteiger partial charge in [-0.05, 0) is 46.1 Å². The number of hydrogen-bond donors (Lipinski definition) is 2. The number of carbonyl (C=O) groups excluding carboxylic acids is 1. The van der Waals surface area contributed by atoms with Gasteiger partial charge in [0.05, 0.1) is 6.04 Å². The first-order valence-corrected chi connectivity index (χ1v) is 7.10. The Hall–Kier alpha value is -1.30. The van der Waals surface area contributed by atoms with E-state index in [1.54, 1.807) is 0 Å². The fraction of sp³-hybridized carbons (Fsp3) is 0.857. The third-order valence-corrected chi connectivity index (χ3v) is 3.36. The van der Waals surface area contributed by atoms with Gasteiger partial charge in [-0.3, -0.25) is 4.79 Å². The molecule has 116 valence electrons. The van der Waals surface area contributed by atoms with Crippen LogP contribution in [-0.4, -0.2) is 53.3 Å². The van der Waals surface area contributed by atoms with E-state index < -0.39 is 11.6 Å². The Bertz CT molecular complexity index is 348. The lowest BCUT2D eigenvalue weighted by molar-refractivity contribution is -0.134. The van der Waals surface area contributed by atoms with Gasteiger partial charge in [-0.1, -0.05) is 0 Å². The predicted molar refractivity (Wildman–Crippen MR) is 75.6 cm³/mol. The van der Waals surface area contributed by atoms with Crippen molar-refractivity contribution in [3.05, 3.63) is 0 Å². The average molecular weight is 286 g/mol. The Kier molecular flexibility index (Phi) is 5.80. The summed E-state index contributed by atoms with van der Waals surface area (Å²) >= 11 is 0. The van der Waals surface area contributed by atoms with Gasteiger partial charge in [0.15, 0.2) is 0 Å². The van der Waals surface area contributed by atoms with E-state index in [2.05, 4.69) is 5.32 Å². The van der Waals surface area contributed by atoms with Crippen LogP contribution in [0.15, 0.2) is 0 Å². The van der Waals surface area contributed by atoms with Crippen LogP contribution in [0, 0.1) is 5.92 Å². The van der Waals surface area contributed by atoms with Crippen LogP contribution in [-0.2, 0) is 9.53 Å². The summed E-state index contributed by atoms with van der Waals surface area (Å²) in [7, 11) is 0. The van der Waals surface area contributed by atoms with Crippen molar-refractivity contribution in [1.82, 2.24) is 10.2 Å². The average Bonchev–Trinajstić information content (AvgIpc) is 2.69. The van der Waals surface area contributed by atoms with E-state index in [9.17, 15) is 4.79 Å². The highest BCUT2D eigenvalue weighted by atomic mass is 16.6. The van der Waals surface area contributed by atoms with Gasteiger partial charge in [-0.25, -0.2) is 4.79 Å². The minimum Gasteiger partial charge on any atom is -0.481 e. The Balaban J connectivity index is 0.000000444. The number of rotatable bonds is 0. The fourth-order valence-corrected chi connectivity index (χ4v) is 2.62. The maximum Gasteiger partial charge on any atom is 0.410 e. The third-order valence-electron chi connectivity index (χ3n) is 3.36. The van der Waals surface area contributed by atoms with E-state index in [0.29, 0.717) is 12.0 Å². The first-order chi connectivity index (χ1) is 9.20. The number of hydrogen-bond acceptors (Lipinski definition) is 4. The number of carboxylic acids is 1. The molecule has 2 atom stereocenters. The number of nitrogens with zero attached hydrogens (tertiary/aromatic N) is 1. The molecule has 0 bridgehead atoms. The van der Waals surface area contributed by atoms with Crippen LogP contribution in [0.3, 0.4) is 0 Å². The van der Waals surface area contributed by atoms with E-state index in [1.807, 2.05) is 25.7 Å². The van der Waals surface area contributed by atoms with Gasteiger partial charge in [0.25, 0.3) is 5.97 Å². The number of nitrogens with one attached hydrogen (secondary N) is 1. The lowest BCUT2D eigenvalue weighted by Gasteiger charge is -2.33. The molecule has 0 aromatic carbocycles. The van der Waals surface area contributed by atoms with E-state index in [-0.39, 0.29) is 6.09 Å². The fourth-order valence-electron chi connectivity index (χ4n) is 2.62. The molecule has 6 heteroatoms. The van der Waals surface area contributed by atoms with Crippen LogP contribution in [0.25, 0.3) is 0 Å². The molecule has 0 spiro atoms. The minimum absolute atomic E-state index is 0.149. The van der Waals surface area contributed by atoms with Crippen molar-refractivity contribution in [2.24, 2.45) is 5.92 Å². The van der Waals surface area contributed by atoms with Crippen LogP contribution in [0.5, 0.6) is 0 Å². The van der Waals surface area contributed by atoms with Crippen molar-refractivity contribution in [3.63, 3.8) is 0 Å². The van der Waals surface area contributed by atoms with Gasteiger partial charge in [-0.2, -0.15) is 0 Å². The van der Waals surface area contributed by atoms with Crippen molar-refractivity contribution >= 4 is 12.1 Å². The second-order valence-corrected chi connectivity index (χ2v) is 6.30. The van der Waals surface area contributed by atoms with E-state index in [0.717, 1.165) is 33.0 Å². The quantitative estimate of drug-likeness (QED) is 0.708. The molecule has 2 saturated heterocycles. The van der Waals surface area contributed by atoms with Crippen molar-refractivity contribution in [3.8, 4) is 0 Å². The molecule has 0 aliphatic carbocycles. The lowest BCUT2D eigenvalue weighted by Crippen LogP contribution is -2.49. The summed E-state index contributed by atoms with van der Waals surface area (Å²) in [5.41, 5.74) is -0.392. The molecule has 2 fully saturated rings. The number of ether oxygens (including phenoxy) is 1. The van der Waals surface area contributed by atoms with E-state index >= 15 is 0 Å². The summed E-state index contributed by atoms with van der Waals surface area (Å²) in [6, 6.07) is 0.351. The van der Waals surface area contributed by atoms with Crippen LogP contribution in [0.2, 0.25) is 0 Å². The van der Waals surface area contributed by atoms with Crippen LogP contribution < -0.4 is 5.32 Å².